The van der Waals surface area contributed by atoms with Crippen LogP contribution in [0.15, 0.2) is 0 Å². The van der Waals surface area contributed by atoms with Gasteiger partial charge in [-0.2, -0.15) is 0 Å². The summed E-state index contributed by atoms with van der Waals surface area (Å²) in [6, 6.07) is -0.580. The molecule has 7 heteroatoms. The average Bonchev–Trinajstić information content (AvgIpc) is 2.36. The van der Waals surface area contributed by atoms with Crippen LogP contribution in [0.3, 0.4) is 0 Å². The van der Waals surface area contributed by atoms with Crippen molar-refractivity contribution >= 4 is 28.2 Å². The van der Waals surface area contributed by atoms with Crippen molar-refractivity contribution in [2.24, 2.45) is 11.1 Å². The minimum Gasteiger partial charge on any atom is -0.340 e. The second kappa shape index (κ2) is 6.21. The van der Waals surface area contributed by atoms with Crippen molar-refractivity contribution in [1.29, 1.82) is 0 Å². The molecule has 1 rings (SSSR count). The largest absolute Gasteiger partial charge is 0.340 e. The second-order valence-electron chi connectivity index (χ2n) is 5.67. The highest BCUT2D eigenvalue weighted by molar-refractivity contribution is 7.91. The van der Waals surface area contributed by atoms with E-state index in [9.17, 15) is 13.2 Å². The summed E-state index contributed by atoms with van der Waals surface area (Å²) in [6.07, 6.45) is 0.505. The lowest BCUT2D eigenvalue weighted by Crippen LogP contribution is -2.51. The van der Waals surface area contributed by atoms with E-state index in [1.807, 2.05) is 20.8 Å². The molecule has 1 atom stereocenters. The van der Waals surface area contributed by atoms with Gasteiger partial charge in [0.15, 0.2) is 9.84 Å². The molecule has 0 spiro atoms. The van der Waals surface area contributed by atoms with Gasteiger partial charge in [-0.15, -0.1) is 12.4 Å². The molecule has 0 aromatic rings. The molecule has 0 radical (unpaired) electrons. The first-order valence-corrected chi connectivity index (χ1v) is 7.70. The summed E-state index contributed by atoms with van der Waals surface area (Å²) >= 11 is 0. The summed E-state index contributed by atoms with van der Waals surface area (Å²) in [5.41, 5.74) is 5.60. The van der Waals surface area contributed by atoms with Gasteiger partial charge in [0.05, 0.1) is 17.5 Å². The lowest BCUT2D eigenvalue weighted by molar-refractivity contribution is -0.134. The SMILES string of the molecule is CC(C)(C)[C@H](N)C(=O)N1CCCS(=O)(=O)CC1.Cl. The summed E-state index contributed by atoms with van der Waals surface area (Å²) < 4.78 is 22.9. The molecular weight excluding hydrogens is 276 g/mol. The van der Waals surface area contributed by atoms with Crippen molar-refractivity contribution in [1.82, 2.24) is 4.90 Å². The molecular formula is C11H23ClN2O3S. The lowest BCUT2D eigenvalue weighted by Gasteiger charge is -2.31. The number of halogens is 1. The molecule has 1 fully saturated rings. The number of hydrogen-bond donors (Lipinski definition) is 1. The normalized spacial score (nSPS) is 21.7. The molecule has 1 saturated heterocycles. The van der Waals surface area contributed by atoms with Gasteiger partial charge in [0, 0.05) is 13.1 Å². The summed E-state index contributed by atoms with van der Waals surface area (Å²) in [5, 5.41) is 0. The highest BCUT2D eigenvalue weighted by Gasteiger charge is 2.32. The Balaban J connectivity index is 0.00000289. The monoisotopic (exact) mass is 298 g/mol. The lowest BCUT2D eigenvalue weighted by atomic mass is 9.86. The van der Waals surface area contributed by atoms with E-state index in [0.717, 1.165) is 0 Å². The second-order valence-corrected chi connectivity index (χ2v) is 7.98. The fraction of sp³-hybridized carbons (Fsp3) is 0.909. The fourth-order valence-electron chi connectivity index (χ4n) is 1.73. The van der Waals surface area contributed by atoms with Gasteiger partial charge in [0.1, 0.15) is 0 Å². The third-order valence-corrected chi connectivity index (χ3v) is 4.78. The van der Waals surface area contributed by atoms with Crippen molar-refractivity contribution in [3.63, 3.8) is 0 Å². The zero-order chi connectivity index (χ0) is 13.3. The first kappa shape index (κ1) is 17.7. The first-order chi connectivity index (χ1) is 7.63. The van der Waals surface area contributed by atoms with E-state index in [0.29, 0.717) is 13.0 Å². The Hall–Kier alpha value is -0.330. The van der Waals surface area contributed by atoms with E-state index in [4.69, 9.17) is 5.73 Å². The van der Waals surface area contributed by atoms with Crippen LogP contribution < -0.4 is 5.73 Å². The Kier molecular flexibility index (Phi) is 6.10. The van der Waals surface area contributed by atoms with Crippen LogP contribution in [0.5, 0.6) is 0 Å². The molecule has 1 heterocycles. The van der Waals surface area contributed by atoms with E-state index >= 15 is 0 Å². The van der Waals surface area contributed by atoms with Gasteiger partial charge in [-0.1, -0.05) is 20.8 Å². The molecule has 108 valence electrons. The highest BCUT2D eigenvalue weighted by Crippen LogP contribution is 2.19. The molecule has 0 unspecified atom stereocenters. The molecule has 1 amide bonds. The van der Waals surface area contributed by atoms with Gasteiger partial charge in [0.2, 0.25) is 5.91 Å². The molecule has 1 aliphatic rings. The Labute approximate surface area is 115 Å². The number of amides is 1. The quantitative estimate of drug-likeness (QED) is 0.761. The predicted octanol–water partition coefficient (Wildman–Crippen LogP) is 0.429. The standard InChI is InChI=1S/C11H22N2O3S.ClH/c1-11(2,3)9(12)10(14)13-5-4-7-17(15,16)8-6-13;/h9H,4-8,12H2,1-3H3;1H/t9-;/m1./s1. The van der Waals surface area contributed by atoms with Gasteiger partial charge < -0.3 is 10.6 Å². The Bertz CT molecular complexity index is 390. The summed E-state index contributed by atoms with van der Waals surface area (Å²) in [6.45, 7) is 6.48. The van der Waals surface area contributed by atoms with Crippen LogP contribution in [0.25, 0.3) is 0 Å². The van der Waals surface area contributed by atoms with Crippen molar-refractivity contribution in [2.75, 3.05) is 24.6 Å². The molecule has 5 nitrogen and oxygen atoms in total. The van der Waals surface area contributed by atoms with Crippen LogP contribution in [-0.2, 0) is 14.6 Å². The zero-order valence-electron chi connectivity index (χ0n) is 11.2. The van der Waals surface area contributed by atoms with E-state index in [1.54, 1.807) is 4.90 Å². The van der Waals surface area contributed by atoms with Crippen molar-refractivity contribution in [3.8, 4) is 0 Å². The maximum Gasteiger partial charge on any atom is 0.240 e. The predicted molar refractivity (Wildman–Crippen MR) is 74.5 cm³/mol. The van der Waals surface area contributed by atoms with Crippen molar-refractivity contribution < 1.29 is 13.2 Å². The Morgan fingerprint density at radius 3 is 2.28 bits per heavy atom. The number of carbonyl (C=O) groups excluding carboxylic acids is 1. The van der Waals surface area contributed by atoms with Crippen LogP contribution in [0.2, 0.25) is 0 Å². The number of hydrogen-bond acceptors (Lipinski definition) is 4. The molecule has 0 aromatic heterocycles. The van der Waals surface area contributed by atoms with Crippen molar-refractivity contribution in [3.05, 3.63) is 0 Å². The summed E-state index contributed by atoms with van der Waals surface area (Å²) in [7, 11) is -2.98. The smallest absolute Gasteiger partial charge is 0.240 e. The molecule has 18 heavy (non-hydrogen) atoms. The van der Waals surface area contributed by atoms with E-state index in [-0.39, 0.29) is 41.8 Å². The van der Waals surface area contributed by atoms with Gasteiger partial charge in [-0.05, 0) is 11.8 Å². The maximum absolute atomic E-state index is 12.1. The van der Waals surface area contributed by atoms with Gasteiger partial charge in [-0.25, -0.2) is 8.42 Å². The van der Waals surface area contributed by atoms with Gasteiger partial charge in [0.25, 0.3) is 0 Å². The molecule has 0 aliphatic carbocycles. The van der Waals surface area contributed by atoms with Gasteiger partial charge >= 0.3 is 0 Å². The minimum absolute atomic E-state index is 0. The average molecular weight is 299 g/mol. The van der Waals surface area contributed by atoms with Crippen LogP contribution in [0.1, 0.15) is 27.2 Å². The Morgan fingerprint density at radius 1 is 1.22 bits per heavy atom. The maximum atomic E-state index is 12.1. The van der Waals surface area contributed by atoms with E-state index < -0.39 is 15.9 Å². The Morgan fingerprint density at radius 2 is 1.78 bits per heavy atom. The first-order valence-electron chi connectivity index (χ1n) is 5.88. The topological polar surface area (TPSA) is 80.5 Å². The van der Waals surface area contributed by atoms with Gasteiger partial charge in [-0.3, -0.25) is 4.79 Å². The summed E-state index contributed by atoms with van der Waals surface area (Å²) in [5.74, 6) is 0.0755. The van der Waals surface area contributed by atoms with E-state index in [1.165, 1.54) is 0 Å². The summed E-state index contributed by atoms with van der Waals surface area (Å²) in [4.78, 5) is 13.7. The molecule has 0 aromatic carbocycles. The number of carbonyl (C=O) groups is 1. The van der Waals surface area contributed by atoms with Crippen LogP contribution in [0, 0.1) is 5.41 Å². The molecule has 0 saturated carbocycles. The molecule has 2 N–H and O–H groups in total. The fourth-order valence-corrected chi connectivity index (χ4v) is 3.00. The van der Waals surface area contributed by atoms with Crippen LogP contribution in [0.4, 0.5) is 0 Å². The third kappa shape index (κ3) is 4.74. The number of nitrogens with two attached hydrogens (primary N) is 1. The highest BCUT2D eigenvalue weighted by atomic mass is 35.5. The molecule has 0 bridgehead atoms. The van der Waals surface area contributed by atoms with Crippen LogP contribution in [-0.4, -0.2) is 49.9 Å². The zero-order valence-corrected chi connectivity index (χ0v) is 12.8. The van der Waals surface area contributed by atoms with Crippen LogP contribution >= 0.6 is 12.4 Å². The van der Waals surface area contributed by atoms with E-state index in [2.05, 4.69) is 0 Å². The minimum atomic E-state index is -2.98. The number of rotatable bonds is 1. The number of sulfone groups is 1. The third-order valence-electron chi connectivity index (χ3n) is 3.07. The van der Waals surface area contributed by atoms with Crippen molar-refractivity contribution in [2.45, 2.75) is 33.2 Å². The number of nitrogens with zero attached hydrogens (tertiary/aromatic N) is 1. The molecule has 1 aliphatic heterocycles.